The quantitative estimate of drug-likeness (QED) is 0.399. The number of fused-ring (bicyclic) bond motifs is 3. The Labute approximate surface area is 219 Å². The minimum absolute atomic E-state index is 0.485. The van der Waals surface area contributed by atoms with Gasteiger partial charge >= 0.3 is 0 Å². The molecule has 0 saturated carbocycles. The molecule has 0 radical (unpaired) electrons. The largest absolute Gasteiger partial charge is 0.296 e. The van der Waals surface area contributed by atoms with Gasteiger partial charge in [0.15, 0.2) is 34.9 Å². The lowest BCUT2D eigenvalue weighted by molar-refractivity contribution is 0.0886. The molecule has 0 saturated heterocycles. The Kier molecular flexibility index (Phi) is 7.24. The molecular weight excluding hydrogens is 486 g/mol. The third kappa shape index (κ3) is 5.31. The van der Waals surface area contributed by atoms with E-state index < -0.39 is 0 Å². The molecule has 0 fully saturated rings. The van der Waals surface area contributed by atoms with E-state index >= 15 is 0 Å². The molecule has 196 valence electrons. The average molecular weight is 516 g/mol. The zero-order valence-electron chi connectivity index (χ0n) is 22.0. The van der Waals surface area contributed by atoms with Gasteiger partial charge in [-0.1, -0.05) is 30.3 Å². The SMILES string of the molecule is CC1=Nn2c(C)nnc2C1.CNOCC1=Nn2c(C)nnc2C1.Cc1nnc2n1N=C(c1ccccc1)C2. The van der Waals surface area contributed by atoms with Gasteiger partial charge in [-0.15, -0.1) is 30.6 Å². The lowest BCUT2D eigenvalue weighted by Crippen LogP contribution is -2.16. The summed E-state index contributed by atoms with van der Waals surface area (Å²) in [5.74, 6) is 5.28. The van der Waals surface area contributed by atoms with Crippen molar-refractivity contribution in [2.45, 2.75) is 47.0 Å². The van der Waals surface area contributed by atoms with Gasteiger partial charge in [-0.05, 0) is 33.3 Å². The summed E-state index contributed by atoms with van der Waals surface area (Å²) in [7, 11) is 1.72. The van der Waals surface area contributed by atoms with E-state index in [1.807, 2.05) is 50.6 Å². The van der Waals surface area contributed by atoms with Crippen LogP contribution in [0.25, 0.3) is 0 Å². The van der Waals surface area contributed by atoms with Gasteiger partial charge in [-0.3, -0.25) is 4.84 Å². The highest BCUT2D eigenvalue weighted by molar-refractivity contribution is 6.02. The Hall–Kier alpha value is -4.43. The molecule has 1 N–H and O–H groups in total. The van der Waals surface area contributed by atoms with Crippen molar-refractivity contribution in [3.8, 4) is 0 Å². The second-order valence-electron chi connectivity index (χ2n) is 8.86. The molecule has 6 heterocycles. The molecule has 0 atom stereocenters. The maximum Gasteiger partial charge on any atom is 0.160 e. The van der Waals surface area contributed by atoms with Gasteiger partial charge in [0, 0.05) is 19.2 Å². The van der Waals surface area contributed by atoms with Crippen LogP contribution in [0, 0.1) is 20.8 Å². The molecule has 0 aliphatic carbocycles. The summed E-state index contributed by atoms with van der Waals surface area (Å²) < 4.78 is 5.34. The van der Waals surface area contributed by atoms with Crippen molar-refractivity contribution in [1.29, 1.82) is 0 Å². The van der Waals surface area contributed by atoms with E-state index in [0.29, 0.717) is 6.61 Å². The van der Waals surface area contributed by atoms with Crippen molar-refractivity contribution in [2.24, 2.45) is 15.3 Å². The smallest absolute Gasteiger partial charge is 0.160 e. The third-order valence-electron chi connectivity index (χ3n) is 5.91. The van der Waals surface area contributed by atoms with Gasteiger partial charge in [-0.2, -0.15) is 15.3 Å². The lowest BCUT2D eigenvalue weighted by atomic mass is 10.1. The fourth-order valence-electron chi connectivity index (χ4n) is 4.05. The summed E-state index contributed by atoms with van der Waals surface area (Å²) in [4.78, 5) is 5.02. The first-order valence-corrected chi connectivity index (χ1v) is 12.2. The van der Waals surface area contributed by atoms with E-state index in [-0.39, 0.29) is 0 Å². The Morgan fingerprint density at radius 1 is 0.684 bits per heavy atom. The summed E-state index contributed by atoms with van der Waals surface area (Å²) in [5.41, 5.74) is 6.88. The average Bonchev–Trinajstić information content (AvgIpc) is 3.75. The van der Waals surface area contributed by atoms with Crippen LogP contribution < -0.4 is 5.48 Å². The lowest BCUT2D eigenvalue weighted by Gasteiger charge is -1.98. The normalized spacial score (nSPS) is 14.4. The van der Waals surface area contributed by atoms with Crippen LogP contribution >= 0.6 is 0 Å². The first kappa shape index (κ1) is 25.2. The fourth-order valence-corrected chi connectivity index (χ4v) is 4.05. The summed E-state index contributed by atoms with van der Waals surface area (Å²) in [6.07, 6.45) is 2.34. The molecule has 0 bridgehead atoms. The standard InChI is InChI=1S/C11H10N4.C7H11N5O.C6H8N4/c1-8-12-13-11-7-10(14-15(8)11)9-5-3-2-4-6-9;1-5-9-10-7-3-6(4-13-8-2)11-12(5)7;1-4-3-6-8-7-5(2)10(6)9-4/h2-6H,7H2,1H3;8H,3-4H2,1-2H3;3H2,1-2H3. The number of benzene rings is 1. The van der Waals surface area contributed by atoms with E-state index in [1.165, 1.54) is 0 Å². The number of aromatic nitrogens is 9. The topological polar surface area (TPSA) is 150 Å². The van der Waals surface area contributed by atoms with Crippen LogP contribution in [-0.2, 0) is 24.1 Å². The van der Waals surface area contributed by atoms with Gasteiger partial charge in [-0.25, -0.2) is 19.5 Å². The third-order valence-corrected chi connectivity index (χ3v) is 5.91. The first-order valence-electron chi connectivity index (χ1n) is 12.2. The molecule has 7 rings (SSSR count). The van der Waals surface area contributed by atoms with Crippen molar-refractivity contribution in [1.82, 2.24) is 50.1 Å². The van der Waals surface area contributed by atoms with E-state index in [0.717, 1.165) is 76.9 Å². The summed E-state index contributed by atoms with van der Waals surface area (Å²) >= 11 is 0. The van der Waals surface area contributed by atoms with E-state index in [4.69, 9.17) is 4.84 Å². The number of hydroxylamine groups is 1. The molecule has 3 aliphatic heterocycles. The van der Waals surface area contributed by atoms with E-state index in [9.17, 15) is 0 Å². The molecule has 0 spiro atoms. The molecule has 3 aromatic heterocycles. The Morgan fingerprint density at radius 2 is 1.24 bits per heavy atom. The number of hydrogen-bond acceptors (Lipinski definition) is 11. The molecule has 0 unspecified atom stereocenters. The second-order valence-corrected chi connectivity index (χ2v) is 8.86. The molecule has 1 aromatic carbocycles. The zero-order valence-corrected chi connectivity index (χ0v) is 22.0. The minimum Gasteiger partial charge on any atom is -0.296 e. The molecule has 3 aliphatic rings. The summed E-state index contributed by atoms with van der Waals surface area (Å²) in [6, 6.07) is 10.2. The van der Waals surface area contributed by atoms with Gasteiger partial charge < -0.3 is 0 Å². The number of nitrogens with one attached hydrogen (secondary N) is 1. The molecule has 38 heavy (non-hydrogen) atoms. The van der Waals surface area contributed by atoms with Crippen LogP contribution in [0.2, 0.25) is 0 Å². The van der Waals surface area contributed by atoms with Crippen LogP contribution in [0.1, 0.15) is 47.4 Å². The Balaban J connectivity index is 0.000000118. The van der Waals surface area contributed by atoms with Crippen molar-refractivity contribution < 1.29 is 4.84 Å². The number of aryl methyl sites for hydroxylation is 3. The van der Waals surface area contributed by atoms with Crippen molar-refractivity contribution >= 4 is 17.1 Å². The zero-order chi connectivity index (χ0) is 26.6. The van der Waals surface area contributed by atoms with Crippen molar-refractivity contribution in [3.05, 3.63) is 70.8 Å². The van der Waals surface area contributed by atoms with Crippen LogP contribution in [0.5, 0.6) is 0 Å². The number of rotatable bonds is 4. The molecule has 4 aromatic rings. The minimum atomic E-state index is 0.485. The highest BCUT2D eigenvalue weighted by Crippen LogP contribution is 2.15. The highest BCUT2D eigenvalue weighted by atomic mass is 16.6. The van der Waals surface area contributed by atoms with Gasteiger partial charge in [0.1, 0.15) is 6.61 Å². The predicted molar refractivity (Wildman–Crippen MR) is 140 cm³/mol. The second kappa shape index (κ2) is 10.9. The Morgan fingerprint density at radius 3 is 1.79 bits per heavy atom. The number of hydrogen-bond donors (Lipinski definition) is 1. The van der Waals surface area contributed by atoms with Crippen LogP contribution in [0.4, 0.5) is 0 Å². The first-order chi connectivity index (χ1) is 18.4. The Bertz CT molecular complexity index is 1520. The van der Waals surface area contributed by atoms with Crippen LogP contribution in [0.3, 0.4) is 0 Å². The van der Waals surface area contributed by atoms with E-state index in [2.05, 4.69) is 63.5 Å². The van der Waals surface area contributed by atoms with Crippen molar-refractivity contribution in [2.75, 3.05) is 13.7 Å². The fraction of sp³-hybridized carbons (Fsp3) is 0.375. The summed E-state index contributed by atoms with van der Waals surface area (Å²) in [6.45, 7) is 8.17. The molecule has 14 heteroatoms. The van der Waals surface area contributed by atoms with Gasteiger partial charge in [0.05, 0.1) is 24.3 Å². The van der Waals surface area contributed by atoms with Gasteiger partial charge in [0.25, 0.3) is 0 Å². The summed E-state index contributed by atoms with van der Waals surface area (Å²) in [5, 5.41) is 36.7. The molecular formula is C24H29N13O. The van der Waals surface area contributed by atoms with Gasteiger partial charge in [0.2, 0.25) is 0 Å². The predicted octanol–water partition coefficient (Wildman–Crippen LogP) is 1.26. The maximum absolute atomic E-state index is 5.02. The number of nitrogens with zero attached hydrogens (tertiary/aromatic N) is 12. The monoisotopic (exact) mass is 515 g/mol. The van der Waals surface area contributed by atoms with E-state index in [1.54, 1.807) is 16.4 Å². The van der Waals surface area contributed by atoms with Crippen LogP contribution in [-0.4, -0.2) is 75.4 Å². The molecule has 0 amide bonds. The molecule has 14 nitrogen and oxygen atoms in total. The van der Waals surface area contributed by atoms with Crippen LogP contribution in [0.15, 0.2) is 45.6 Å². The van der Waals surface area contributed by atoms with Crippen molar-refractivity contribution in [3.63, 3.8) is 0 Å². The maximum atomic E-state index is 5.02. The highest BCUT2D eigenvalue weighted by Gasteiger charge is 2.20.